The fourth-order valence-electron chi connectivity index (χ4n) is 1.82. The molecule has 0 saturated heterocycles. The Bertz CT molecular complexity index is 546. The highest BCUT2D eigenvalue weighted by Crippen LogP contribution is 2.22. The fraction of sp³-hybridized carbons (Fsp3) is 0.375. The molecule has 0 saturated carbocycles. The molecule has 0 bridgehead atoms. The Morgan fingerprint density at radius 3 is 2.55 bits per heavy atom. The highest BCUT2D eigenvalue weighted by Gasteiger charge is 2.16. The standard InChI is InChI=1S/C16H20FNO2/c1-3-16(2,19)11-18-10-14-8-9-15(20-14)12-4-6-13(17)7-5-12/h4-9,18-19H,3,10-11H2,1-2H3. The Kier molecular flexibility index (Phi) is 4.57. The Hall–Kier alpha value is -1.65. The van der Waals surface area contributed by atoms with Crippen LogP contribution in [0.4, 0.5) is 4.39 Å². The predicted octanol–water partition coefficient (Wildman–Crippen LogP) is 3.34. The van der Waals surface area contributed by atoms with Gasteiger partial charge < -0.3 is 14.8 Å². The van der Waals surface area contributed by atoms with Gasteiger partial charge in [0.25, 0.3) is 0 Å². The van der Waals surface area contributed by atoms with Crippen LogP contribution < -0.4 is 5.32 Å². The monoisotopic (exact) mass is 277 g/mol. The lowest BCUT2D eigenvalue weighted by Gasteiger charge is -2.21. The molecule has 2 aromatic rings. The quantitative estimate of drug-likeness (QED) is 0.851. The van der Waals surface area contributed by atoms with Crippen LogP contribution in [0.5, 0.6) is 0 Å². The molecular formula is C16H20FNO2. The van der Waals surface area contributed by atoms with E-state index in [4.69, 9.17) is 4.42 Å². The van der Waals surface area contributed by atoms with Crippen LogP contribution in [-0.2, 0) is 6.54 Å². The normalized spacial score (nSPS) is 14.2. The van der Waals surface area contributed by atoms with E-state index < -0.39 is 5.60 Å². The molecular weight excluding hydrogens is 257 g/mol. The molecule has 1 aromatic heterocycles. The average Bonchev–Trinajstić information content (AvgIpc) is 2.88. The molecule has 0 radical (unpaired) electrons. The first-order chi connectivity index (χ1) is 9.50. The number of benzene rings is 1. The molecule has 3 nitrogen and oxygen atoms in total. The molecule has 4 heteroatoms. The van der Waals surface area contributed by atoms with Crippen LogP contribution in [0, 0.1) is 5.82 Å². The highest BCUT2D eigenvalue weighted by atomic mass is 19.1. The van der Waals surface area contributed by atoms with E-state index in [0.717, 1.165) is 11.3 Å². The van der Waals surface area contributed by atoms with Crippen LogP contribution in [0.25, 0.3) is 11.3 Å². The van der Waals surface area contributed by atoms with Crippen molar-refractivity contribution in [2.24, 2.45) is 0 Å². The summed E-state index contributed by atoms with van der Waals surface area (Å²) in [6.07, 6.45) is 0.693. The van der Waals surface area contributed by atoms with Gasteiger partial charge in [0.2, 0.25) is 0 Å². The molecule has 0 fully saturated rings. The maximum absolute atomic E-state index is 12.9. The molecule has 108 valence electrons. The third-order valence-corrected chi connectivity index (χ3v) is 3.36. The van der Waals surface area contributed by atoms with Crippen molar-refractivity contribution in [3.05, 3.63) is 48.0 Å². The maximum atomic E-state index is 12.9. The summed E-state index contributed by atoms with van der Waals surface area (Å²) in [5.74, 6) is 1.24. The highest BCUT2D eigenvalue weighted by molar-refractivity contribution is 5.57. The molecule has 1 unspecified atom stereocenters. The summed E-state index contributed by atoms with van der Waals surface area (Å²) in [6.45, 7) is 4.81. The summed E-state index contributed by atoms with van der Waals surface area (Å²) in [7, 11) is 0. The Morgan fingerprint density at radius 2 is 1.90 bits per heavy atom. The van der Waals surface area contributed by atoms with Gasteiger partial charge in [0.15, 0.2) is 0 Å². The van der Waals surface area contributed by atoms with Gasteiger partial charge in [-0.2, -0.15) is 0 Å². The summed E-state index contributed by atoms with van der Waals surface area (Å²) in [6, 6.07) is 9.94. The maximum Gasteiger partial charge on any atom is 0.134 e. The zero-order chi connectivity index (χ0) is 14.6. The Labute approximate surface area is 118 Å². The van der Waals surface area contributed by atoms with Crippen molar-refractivity contribution in [2.75, 3.05) is 6.54 Å². The Balaban J connectivity index is 1.94. The van der Waals surface area contributed by atoms with Crippen LogP contribution in [0.15, 0.2) is 40.8 Å². The van der Waals surface area contributed by atoms with Crippen molar-refractivity contribution >= 4 is 0 Å². The van der Waals surface area contributed by atoms with Crippen LogP contribution in [0.1, 0.15) is 26.0 Å². The van der Waals surface area contributed by atoms with Gasteiger partial charge in [-0.15, -0.1) is 0 Å². The number of rotatable bonds is 6. The van der Waals surface area contributed by atoms with Crippen molar-refractivity contribution < 1.29 is 13.9 Å². The van der Waals surface area contributed by atoms with E-state index in [1.54, 1.807) is 19.1 Å². The van der Waals surface area contributed by atoms with E-state index in [1.807, 2.05) is 19.1 Å². The second-order valence-electron chi connectivity index (χ2n) is 5.23. The second-order valence-corrected chi connectivity index (χ2v) is 5.23. The van der Waals surface area contributed by atoms with E-state index >= 15 is 0 Å². The minimum absolute atomic E-state index is 0.260. The molecule has 2 N–H and O–H groups in total. The van der Waals surface area contributed by atoms with Crippen LogP contribution in [0.3, 0.4) is 0 Å². The Morgan fingerprint density at radius 1 is 1.20 bits per heavy atom. The van der Waals surface area contributed by atoms with E-state index in [9.17, 15) is 9.50 Å². The number of nitrogens with one attached hydrogen (secondary N) is 1. The SMILES string of the molecule is CCC(C)(O)CNCc1ccc(-c2ccc(F)cc2)o1. The first-order valence-electron chi connectivity index (χ1n) is 6.78. The number of hydrogen-bond donors (Lipinski definition) is 2. The van der Waals surface area contributed by atoms with Crippen LogP contribution in [-0.4, -0.2) is 17.3 Å². The van der Waals surface area contributed by atoms with Crippen LogP contribution >= 0.6 is 0 Å². The summed E-state index contributed by atoms with van der Waals surface area (Å²) in [4.78, 5) is 0. The molecule has 0 aliphatic carbocycles. The van der Waals surface area contributed by atoms with Gasteiger partial charge in [-0.3, -0.25) is 0 Å². The number of halogens is 1. The first-order valence-corrected chi connectivity index (χ1v) is 6.78. The lowest BCUT2D eigenvalue weighted by Crippen LogP contribution is -2.36. The lowest BCUT2D eigenvalue weighted by atomic mass is 10.0. The van der Waals surface area contributed by atoms with Gasteiger partial charge in [0.1, 0.15) is 17.3 Å². The van der Waals surface area contributed by atoms with Gasteiger partial charge in [0, 0.05) is 12.1 Å². The van der Waals surface area contributed by atoms with Gasteiger partial charge in [0.05, 0.1) is 12.1 Å². The van der Waals surface area contributed by atoms with E-state index in [2.05, 4.69) is 5.32 Å². The molecule has 0 spiro atoms. The molecule has 20 heavy (non-hydrogen) atoms. The summed E-state index contributed by atoms with van der Waals surface area (Å²) < 4.78 is 18.5. The van der Waals surface area contributed by atoms with Gasteiger partial charge in [-0.1, -0.05) is 6.92 Å². The van der Waals surface area contributed by atoms with Gasteiger partial charge in [-0.25, -0.2) is 4.39 Å². The second kappa shape index (κ2) is 6.20. The van der Waals surface area contributed by atoms with Gasteiger partial charge >= 0.3 is 0 Å². The predicted molar refractivity (Wildman–Crippen MR) is 76.7 cm³/mol. The van der Waals surface area contributed by atoms with Crippen molar-refractivity contribution in [3.63, 3.8) is 0 Å². The molecule has 1 heterocycles. The molecule has 1 aromatic carbocycles. The van der Waals surface area contributed by atoms with Crippen molar-refractivity contribution in [2.45, 2.75) is 32.4 Å². The number of furan rings is 1. The number of aliphatic hydroxyl groups is 1. The zero-order valence-corrected chi connectivity index (χ0v) is 11.8. The van der Waals surface area contributed by atoms with Crippen LogP contribution in [0.2, 0.25) is 0 Å². The first kappa shape index (κ1) is 14.8. The molecule has 0 aliphatic rings. The fourth-order valence-corrected chi connectivity index (χ4v) is 1.82. The summed E-state index contributed by atoms with van der Waals surface area (Å²) >= 11 is 0. The summed E-state index contributed by atoms with van der Waals surface area (Å²) in [5, 5.41) is 13.0. The lowest BCUT2D eigenvalue weighted by molar-refractivity contribution is 0.0551. The topological polar surface area (TPSA) is 45.4 Å². The van der Waals surface area contributed by atoms with E-state index in [1.165, 1.54) is 12.1 Å². The van der Waals surface area contributed by atoms with Gasteiger partial charge in [-0.05, 0) is 49.7 Å². The smallest absolute Gasteiger partial charge is 0.134 e. The summed E-state index contributed by atoms with van der Waals surface area (Å²) in [5.41, 5.74) is 0.144. The third-order valence-electron chi connectivity index (χ3n) is 3.36. The molecule has 2 rings (SSSR count). The minimum atomic E-state index is -0.702. The molecule has 0 aliphatic heterocycles. The van der Waals surface area contributed by atoms with Crippen molar-refractivity contribution in [1.82, 2.24) is 5.32 Å². The van der Waals surface area contributed by atoms with Crippen molar-refractivity contribution in [3.8, 4) is 11.3 Å². The van der Waals surface area contributed by atoms with E-state index in [-0.39, 0.29) is 5.82 Å². The van der Waals surface area contributed by atoms with E-state index in [0.29, 0.717) is 25.3 Å². The largest absolute Gasteiger partial charge is 0.460 e. The average molecular weight is 277 g/mol. The number of hydrogen-bond acceptors (Lipinski definition) is 3. The molecule has 1 atom stereocenters. The minimum Gasteiger partial charge on any atom is -0.460 e. The molecule has 0 amide bonds. The third kappa shape index (κ3) is 3.92. The zero-order valence-electron chi connectivity index (χ0n) is 11.8. The van der Waals surface area contributed by atoms with Crippen molar-refractivity contribution in [1.29, 1.82) is 0 Å².